The zero-order valence-electron chi connectivity index (χ0n) is 12.5. The van der Waals surface area contributed by atoms with E-state index in [4.69, 9.17) is 5.11 Å². The Hall–Kier alpha value is -1.88. The van der Waals surface area contributed by atoms with Gasteiger partial charge >= 0.3 is 5.97 Å². The van der Waals surface area contributed by atoms with Gasteiger partial charge in [-0.05, 0) is 57.5 Å². The molecule has 1 aliphatic rings. The molecule has 112 valence electrons. The van der Waals surface area contributed by atoms with Crippen molar-refractivity contribution in [2.45, 2.75) is 26.3 Å². The van der Waals surface area contributed by atoms with Crippen molar-refractivity contribution in [1.29, 1.82) is 0 Å². The minimum absolute atomic E-state index is 0.296. The van der Waals surface area contributed by atoms with Crippen LogP contribution in [0, 0.1) is 12.8 Å². The van der Waals surface area contributed by atoms with Crippen molar-refractivity contribution in [3.8, 4) is 0 Å². The normalized spacial score (nSPS) is 20.0. The number of carboxylic acids is 1. The highest BCUT2D eigenvalue weighted by molar-refractivity contribution is 5.92. The van der Waals surface area contributed by atoms with Gasteiger partial charge in [-0.1, -0.05) is 0 Å². The molecule has 1 atom stereocenters. The van der Waals surface area contributed by atoms with E-state index in [-0.39, 0.29) is 0 Å². The highest BCUT2D eigenvalue weighted by atomic mass is 16.4. The molecule has 1 aromatic carbocycles. The number of hydrogen-bond donors (Lipinski definition) is 1. The summed E-state index contributed by atoms with van der Waals surface area (Å²) in [6.45, 7) is 5.25. The van der Waals surface area contributed by atoms with Crippen LogP contribution in [0.25, 0.3) is 11.0 Å². The quantitative estimate of drug-likeness (QED) is 0.941. The summed E-state index contributed by atoms with van der Waals surface area (Å²) >= 11 is 0. The van der Waals surface area contributed by atoms with Crippen LogP contribution in [0.15, 0.2) is 18.2 Å². The number of likely N-dealkylation sites (tertiary alicyclic amines) is 1. The topological polar surface area (TPSA) is 58.4 Å². The summed E-state index contributed by atoms with van der Waals surface area (Å²) in [6, 6.07) is 5.20. The van der Waals surface area contributed by atoms with Gasteiger partial charge in [-0.15, -0.1) is 0 Å². The summed E-state index contributed by atoms with van der Waals surface area (Å²) in [4.78, 5) is 18.0. The fraction of sp³-hybridized carbons (Fsp3) is 0.500. The van der Waals surface area contributed by atoms with E-state index in [9.17, 15) is 4.79 Å². The van der Waals surface area contributed by atoms with Crippen molar-refractivity contribution in [2.24, 2.45) is 5.92 Å². The zero-order valence-corrected chi connectivity index (χ0v) is 12.5. The molecule has 1 saturated heterocycles. The van der Waals surface area contributed by atoms with Crippen LogP contribution in [0.4, 0.5) is 0 Å². The molecule has 1 unspecified atom stereocenters. The number of benzene rings is 1. The Morgan fingerprint density at radius 1 is 1.48 bits per heavy atom. The third-order valence-corrected chi connectivity index (χ3v) is 4.35. The SMILES string of the molecule is Cc1nc2cc(C(=O)O)ccc2n1CC1CCCN(C)C1. The monoisotopic (exact) mass is 287 g/mol. The van der Waals surface area contributed by atoms with E-state index in [2.05, 4.69) is 21.5 Å². The van der Waals surface area contributed by atoms with Gasteiger partial charge in [0, 0.05) is 13.1 Å². The predicted octanol–water partition coefficient (Wildman–Crippen LogP) is 2.38. The van der Waals surface area contributed by atoms with Crippen molar-refractivity contribution in [3.63, 3.8) is 0 Å². The summed E-state index contributed by atoms with van der Waals surface area (Å²) < 4.78 is 2.23. The highest BCUT2D eigenvalue weighted by Crippen LogP contribution is 2.23. The highest BCUT2D eigenvalue weighted by Gasteiger charge is 2.19. The van der Waals surface area contributed by atoms with Crippen molar-refractivity contribution < 1.29 is 9.90 Å². The zero-order chi connectivity index (χ0) is 15.0. The minimum atomic E-state index is -0.905. The van der Waals surface area contributed by atoms with Gasteiger partial charge in [0.2, 0.25) is 0 Å². The average Bonchev–Trinajstić information content (AvgIpc) is 2.74. The molecule has 3 rings (SSSR count). The summed E-state index contributed by atoms with van der Waals surface area (Å²) in [6.07, 6.45) is 2.49. The number of carbonyl (C=O) groups is 1. The predicted molar refractivity (Wildman–Crippen MR) is 81.7 cm³/mol. The number of aromatic carboxylic acids is 1. The lowest BCUT2D eigenvalue weighted by Crippen LogP contribution is -2.34. The molecule has 2 heterocycles. The number of rotatable bonds is 3. The first-order valence-electron chi connectivity index (χ1n) is 7.43. The van der Waals surface area contributed by atoms with E-state index in [1.165, 1.54) is 19.4 Å². The van der Waals surface area contributed by atoms with E-state index in [0.29, 0.717) is 11.5 Å². The second-order valence-electron chi connectivity index (χ2n) is 6.05. The second kappa shape index (κ2) is 5.48. The molecule has 0 spiro atoms. The number of fused-ring (bicyclic) bond motifs is 1. The van der Waals surface area contributed by atoms with Gasteiger partial charge in [-0.3, -0.25) is 0 Å². The van der Waals surface area contributed by atoms with E-state index in [1.807, 2.05) is 13.0 Å². The van der Waals surface area contributed by atoms with Crippen LogP contribution in [0.2, 0.25) is 0 Å². The number of hydrogen-bond acceptors (Lipinski definition) is 3. The van der Waals surface area contributed by atoms with Crippen LogP contribution in [0.3, 0.4) is 0 Å². The Bertz CT molecular complexity index is 677. The summed E-state index contributed by atoms with van der Waals surface area (Å²) in [5, 5.41) is 9.07. The van der Waals surface area contributed by atoms with Crippen LogP contribution < -0.4 is 0 Å². The van der Waals surface area contributed by atoms with Gasteiger partial charge in [0.15, 0.2) is 0 Å². The van der Waals surface area contributed by atoms with Crippen LogP contribution in [0.1, 0.15) is 29.0 Å². The lowest BCUT2D eigenvalue weighted by Gasteiger charge is -2.30. The summed E-state index contributed by atoms with van der Waals surface area (Å²) in [5.74, 6) is 0.692. The maximum Gasteiger partial charge on any atom is 0.335 e. The van der Waals surface area contributed by atoms with Crippen LogP contribution in [0.5, 0.6) is 0 Å². The molecule has 2 aromatic rings. The molecule has 0 saturated carbocycles. The lowest BCUT2D eigenvalue weighted by molar-refractivity contribution is 0.0697. The first kappa shape index (κ1) is 14.1. The largest absolute Gasteiger partial charge is 0.478 e. The number of imidazole rings is 1. The Kier molecular flexibility index (Phi) is 3.68. The molecule has 0 amide bonds. The van der Waals surface area contributed by atoms with Gasteiger partial charge < -0.3 is 14.6 Å². The van der Waals surface area contributed by atoms with E-state index in [0.717, 1.165) is 29.9 Å². The molecule has 5 nitrogen and oxygen atoms in total. The van der Waals surface area contributed by atoms with E-state index >= 15 is 0 Å². The van der Waals surface area contributed by atoms with Crippen molar-refractivity contribution in [2.75, 3.05) is 20.1 Å². The maximum atomic E-state index is 11.0. The molecular weight excluding hydrogens is 266 g/mol. The second-order valence-corrected chi connectivity index (χ2v) is 6.05. The first-order chi connectivity index (χ1) is 10.0. The molecular formula is C16H21N3O2. The number of aromatic nitrogens is 2. The summed E-state index contributed by atoms with van der Waals surface area (Å²) in [7, 11) is 2.17. The first-order valence-corrected chi connectivity index (χ1v) is 7.43. The van der Waals surface area contributed by atoms with Crippen molar-refractivity contribution in [1.82, 2.24) is 14.5 Å². The number of carboxylic acid groups (broad SMARTS) is 1. The number of piperidine rings is 1. The van der Waals surface area contributed by atoms with Crippen LogP contribution >= 0.6 is 0 Å². The maximum absolute atomic E-state index is 11.0. The molecule has 21 heavy (non-hydrogen) atoms. The summed E-state index contributed by atoms with van der Waals surface area (Å²) in [5.41, 5.74) is 2.10. The van der Waals surface area contributed by atoms with Gasteiger partial charge in [0.1, 0.15) is 5.82 Å². The minimum Gasteiger partial charge on any atom is -0.478 e. The molecule has 1 fully saturated rings. The Morgan fingerprint density at radius 2 is 2.29 bits per heavy atom. The van der Waals surface area contributed by atoms with E-state index < -0.39 is 5.97 Å². The lowest BCUT2D eigenvalue weighted by atomic mass is 9.98. The third kappa shape index (κ3) is 2.78. The third-order valence-electron chi connectivity index (χ3n) is 4.35. The Labute approximate surface area is 124 Å². The number of aryl methyl sites for hydroxylation is 1. The van der Waals surface area contributed by atoms with Crippen molar-refractivity contribution in [3.05, 3.63) is 29.6 Å². The Balaban J connectivity index is 1.91. The average molecular weight is 287 g/mol. The molecule has 1 N–H and O–H groups in total. The standard InChI is InChI=1S/C16H21N3O2/c1-11-17-14-8-13(16(20)21)5-6-15(14)19(11)10-12-4-3-7-18(2)9-12/h5-6,8,12H,3-4,7,9-10H2,1-2H3,(H,20,21). The Morgan fingerprint density at radius 3 is 3.00 bits per heavy atom. The van der Waals surface area contributed by atoms with Gasteiger partial charge in [0.25, 0.3) is 0 Å². The van der Waals surface area contributed by atoms with Gasteiger partial charge in [-0.2, -0.15) is 0 Å². The molecule has 1 aromatic heterocycles. The van der Waals surface area contributed by atoms with Gasteiger partial charge in [-0.25, -0.2) is 9.78 Å². The smallest absolute Gasteiger partial charge is 0.335 e. The molecule has 1 aliphatic heterocycles. The molecule has 5 heteroatoms. The molecule has 0 radical (unpaired) electrons. The fourth-order valence-corrected chi connectivity index (χ4v) is 3.29. The fourth-order valence-electron chi connectivity index (χ4n) is 3.29. The van der Waals surface area contributed by atoms with Gasteiger partial charge in [0.05, 0.1) is 16.6 Å². The van der Waals surface area contributed by atoms with Crippen LogP contribution in [-0.2, 0) is 6.54 Å². The molecule has 0 bridgehead atoms. The van der Waals surface area contributed by atoms with Crippen LogP contribution in [-0.4, -0.2) is 45.7 Å². The van der Waals surface area contributed by atoms with Crippen molar-refractivity contribution >= 4 is 17.0 Å². The molecule has 0 aliphatic carbocycles. The number of nitrogens with zero attached hydrogens (tertiary/aromatic N) is 3. The van der Waals surface area contributed by atoms with E-state index in [1.54, 1.807) is 12.1 Å².